The molecule has 1 aromatic heterocycles. The van der Waals surface area contributed by atoms with Gasteiger partial charge in [-0.2, -0.15) is 5.26 Å². The third kappa shape index (κ3) is 4.18. The van der Waals surface area contributed by atoms with Gasteiger partial charge in [0.2, 0.25) is 0 Å². The molecule has 1 atom stereocenters. The number of non-ortho nitro benzene ring substituents is 1. The molecular weight excluding hydrogens is 326 g/mol. The lowest BCUT2D eigenvalue weighted by atomic mass is 10.1. The third-order valence-electron chi connectivity index (χ3n) is 3.10. The van der Waals surface area contributed by atoms with Crippen molar-refractivity contribution in [1.29, 1.82) is 10.7 Å². The lowest BCUT2D eigenvalue weighted by Gasteiger charge is -1.99. The van der Waals surface area contributed by atoms with Gasteiger partial charge in [0.25, 0.3) is 5.69 Å². The maximum absolute atomic E-state index is 10.7. The molecule has 0 fully saturated rings. The Morgan fingerprint density at radius 1 is 1.50 bits per heavy atom. The average molecular weight is 339 g/mol. The summed E-state index contributed by atoms with van der Waals surface area (Å²) in [5.41, 5.74) is 2.07. The van der Waals surface area contributed by atoms with Gasteiger partial charge in [-0.3, -0.25) is 15.5 Å². The summed E-state index contributed by atoms with van der Waals surface area (Å²) in [7, 11) is 0. The first-order valence-electron chi connectivity index (χ1n) is 6.86. The summed E-state index contributed by atoms with van der Waals surface area (Å²) >= 11 is 1.35. The summed E-state index contributed by atoms with van der Waals surface area (Å²) in [5.74, 6) is -0.516. The van der Waals surface area contributed by atoms with Crippen molar-refractivity contribution in [1.82, 2.24) is 4.98 Å². The number of hydrogen-bond acceptors (Lipinski definition) is 6. The molecule has 0 saturated carbocycles. The van der Waals surface area contributed by atoms with Gasteiger partial charge in [-0.25, -0.2) is 9.98 Å². The number of nitriles is 1. The first-order valence-corrected chi connectivity index (χ1v) is 7.74. The van der Waals surface area contributed by atoms with E-state index in [0.29, 0.717) is 16.4 Å². The Kier molecular flexibility index (Phi) is 5.65. The van der Waals surface area contributed by atoms with Crippen molar-refractivity contribution in [2.75, 3.05) is 0 Å². The van der Waals surface area contributed by atoms with E-state index < -0.39 is 10.8 Å². The number of nitro benzene ring substituents is 1. The van der Waals surface area contributed by atoms with Gasteiger partial charge in [0.1, 0.15) is 17.3 Å². The molecule has 7 nitrogen and oxygen atoms in total. The van der Waals surface area contributed by atoms with E-state index in [-0.39, 0.29) is 5.69 Å². The maximum Gasteiger partial charge on any atom is 0.269 e. The van der Waals surface area contributed by atoms with E-state index in [1.165, 1.54) is 23.5 Å². The number of nitro groups is 1. The predicted molar refractivity (Wildman–Crippen MR) is 93.6 cm³/mol. The molecule has 1 N–H and O–H groups in total. The second-order valence-electron chi connectivity index (χ2n) is 4.74. The number of benzene rings is 1. The van der Waals surface area contributed by atoms with Crippen LogP contribution in [0.2, 0.25) is 0 Å². The van der Waals surface area contributed by atoms with Gasteiger partial charge in [-0.1, -0.05) is 6.08 Å². The minimum Gasteiger partial charge on any atom is -0.290 e. The minimum atomic E-state index is -0.516. The Hall–Kier alpha value is -3.18. The fraction of sp³-hybridized carbons (Fsp3) is 0.125. The molecule has 0 aliphatic carbocycles. The van der Waals surface area contributed by atoms with E-state index in [1.807, 2.05) is 5.38 Å². The normalized spacial score (nSPS) is 12.8. The highest BCUT2D eigenvalue weighted by molar-refractivity contribution is 7.10. The second-order valence-corrected chi connectivity index (χ2v) is 5.63. The zero-order chi connectivity index (χ0) is 17.5. The summed E-state index contributed by atoms with van der Waals surface area (Å²) in [4.78, 5) is 18.5. The summed E-state index contributed by atoms with van der Waals surface area (Å²) in [5, 5.41) is 29.3. The van der Waals surface area contributed by atoms with Crippen molar-refractivity contribution in [2.24, 2.45) is 4.99 Å². The zero-order valence-electron chi connectivity index (χ0n) is 12.7. The molecule has 0 bridgehead atoms. The SMILES string of the molecule is CC(/C=C/C(C#N)c1nc(-c2ccc([N+](=O)[O-])cc2)cs1)=NC=N. The lowest BCUT2D eigenvalue weighted by Crippen LogP contribution is -1.93. The van der Waals surface area contributed by atoms with Gasteiger partial charge in [0.05, 0.1) is 16.7 Å². The van der Waals surface area contributed by atoms with Gasteiger partial charge in [-0.15, -0.1) is 11.3 Å². The summed E-state index contributed by atoms with van der Waals surface area (Å²) in [6, 6.07) is 8.28. The van der Waals surface area contributed by atoms with Gasteiger partial charge >= 0.3 is 0 Å². The molecule has 2 rings (SSSR count). The Morgan fingerprint density at radius 3 is 2.79 bits per heavy atom. The van der Waals surface area contributed by atoms with Crippen LogP contribution in [0.15, 0.2) is 46.8 Å². The molecule has 8 heteroatoms. The third-order valence-corrected chi connectivity index (χ3v) is 4.03. The molecular formula is C16H13N5O2S. The van der Waals surface area contributed by atoms with Crippen LogP contribution in [0.4, 0.5) is 5.69 Å². The smallest absolute Gasteiger partial charge is 0.269 e. The number of hydrogen-bond donors (Lipinski definition) is 1. The topological polar surface area (TPSA) is 116 Å². The molecule has 2 aromatic rings. The van der Waals surface area contributed by atoms with Crippen molar-refractivity contribution < 1.29 is 4.92 Å². The van der Waals surface area contributed by atoms with Crippen LogP contribution in [0.3, 0.4) is 0 Å². The number of nitrogens with one attached hydrogen (secondary N) is 1. The van der Waals surface area contributed by atoms with Crippen LogP contribution in [0.25, 0.3) is 11.3 Å². The van der Waals surface area contributed by atoms with Crippen molar-refractivity contribution >= 4 is 29.1 Å². The Bertz CT molecular complexity index is 846. The highest BCUT2D eigenvalue weighted by Crippen LogP contribution is 2.28. The highest BCUT2D eigenvalue weighted by atomic mass is 32.1. The largest absolute Gasteiger partial charge is 0.290 e. The number of nitrogens with zero attached hydrogens (tertiary/aromatic N) is 4. The van der Waals surface area contributed by atoms with Crippen molar-refractivity contribution in [2.45, 2.75) is 12.8 Å². The van der Waals surface area contributed by atoms with Gasteiger partial charge < -0.3 is 0 Å². The van der Waals surface area contributed by atoms with Gasteiger partial charge in [-0.05, 0) is 25.1 Å². The molecule has 120 valence electrons. The maximum atomic E-state index is 10.7. The van der Waals surface area contributed by atoms with Crippen LogP contribution in [0.5, 0.6) is 0 Å². The minimum absolute atomic E-state index is 0.0213. The molecule has 24 heavy (non-hydrogen) atoms. The highest BCUT2D eigenvalue weighted by Gasteiger charge is 2.13. The van der Waals surface area contributed by atoms with E-state index in [9.17, 15) is 15.4 Å². The van der Waals surface area contributed by atoms with Crippen molar-refractivity contribution in [3.05, 3.63) is 56.9 Å². The molecule has 0 radical (unpaired) electrons. The predicted octanol–water partition coefficient (Wildman–Crippen LogP) is 3.95. The summed E-state index contributed by atoms with van der Waals surface area (Å²) in [6.07, 6.45) is 4.30. The first kappa shape index (κ1) is 17.2. The molecule has 0 spiro atoms. The quantitative estimate of drug-likeness (QED) is 0.371. The Balaban J connectivity index is 2.22. The fourth-order valence-electron chi connectivity index (χ4n) is 1.88. The fourth-order valence-corrected chi connectivity index (χ4v) is 2.73. The number of thiazole rings is 1. The zero-order valence-corrected chi connectivity index (χ0v) is 13.5. The number of aliphatic imine (C=N–C) groups is 1. The van der Waals surface area contributed by atoms with Crippen molar-refractivity contribution in [3.8, 4) is 17.3 Å². The second kappa shape index (κ2) is 7.89. The van der Waals surface area contributed by atoms with E-state index in [2.05, 4.69) is 16.0 Å². The van der Waals surface area contributed by atoms with Gasteiger partial charge in [0.15, 0.2) is 0 Å². The van der Waals surface area contributed by atoms with Gasteiger partial charge in [0, 0.05) is 28.8 Å². The number of rotatable bonds is 6. The number of allylic oxidation sites excluding steroid dienone is 2. The Labute approximate surface area is 142 Å². The van der Waals surface area contributed by atoms with E-state index in [1.54, 1.807) is 31.2 Å². The standard InChI is InChI=1S/C16H13N5O2S/c1-11(19-10-18)2-3-13(8-17)16-20-15(9-24-16)12-4-6-14(7-5-12)21(22)23/h2-7,9-10,13,18H,1H3/b3-2+,18-10?,19-11?. The van der Waals surface area contributed by atoms with Crippen LogP contribution in [-0.2, 0) is 0 Å². The van der Waals surface area contributed by atoms with Crippen LogP contribution in [-0.4, -0.2) is 22.0 Å². The molecule has 1 heterocycles. The molecule has 1 unspecified atom stereocenters. The molecule has 0 aliphatic rings. The lowest BCUT2D eigenvalue weighted by molar-refractivity contribution is -0.384. The first-order chi connectivity index (χ1) is 11.5. The molecule has 0 aliphatic heterocycles. The molecule has 1 aromatic carbocycles. The molecule has 0 saturated heterocycles. The molecule has 0 amide bonds. The van der Waals surface area contributed by atoms with Crippen molar-refractivity contribution in [3.63, 3.8) is 0 Å². The van der Waals surface area contributed by atoms with E-state index in [0.717, 1.165) is 11.9 Å². The summed E-state index contributed by atoms with van der Waals surface area (Å²) < 4.78 is 0. The average Bonchev–Trinajstić information content (AvgIpc) is 3.05. The van der Waals surface area contributed by atoms with Crippen LogP contribution >= 0.6 is 11.3 Å². The Morgan fingerprint density at radius 2 is 2.21 bits per heavy atom. The van der Waals surface area contributed by atoms with Crippen LogP contribution < -0.4 is 0 Å². The van der Waals surface area contributed by atoms with Crippen LogP contribution in [0.1, 0.15) is 17.8 Å². The summed E-state index contributed by atoms with van der Waals surface area (Å²) in [6.45, 7) is 1.74. The van der Waals surface area contributed by atoms with E-state index in [4.69, 9.17) is 5.41 Å². The number of aromatic nitrogens is 1. The monoisotopic (exact) mass is 339 g/mol. The van der Waals surface area contributed by atoms with Crippen LogP contribution in [0, 0.1) is 26.9 Å². The van der Waals surface area contributed by atoms with E-state index >= 15 is 0 Å².